The number of nitrogens with one attached hydrogen (secondary N) is 1. The topological polar surface area (TPSA) is 97.6 Å². The monoisotopic (exact) mass is 430 g/mol. The molecule has 1 fully saturated rings. The first kappa shape index (κ1) is 21.5. The summed E-state index contributed by atoms with van der Waals surface area (Å²) in [5, 5.41) is 8.22. The third-order valence-corrected chi connectivity index (χ3v) is 5.59. The number of hydrogen-bond donors (Lipinski definition) is 2. The molecule has 158 valence electrons. The molecule has 29 heavy (non-hydrogen) atoms. The summed E-state index contributed by atoms with van der Waals surface area (Å²) in [7, 11) is -3.98. The van der Waals surface area contributed by atoms with Gasteiger partial charge >= 0.3 is 6.18 Å². The van der Waals surface area contributed by atoms with Crippen LogP contribution in [0.4, 0.5) is 19.0 Å². The van der Waals surface area contributed by atoms with Crippen molar-refractivity contribution in [1.82, 2.24) is 9.88 Å². The first-order valence-electron chi connectivity index (χ1n) is 8.87. The zero-order chi connectivity index (χ0) is 21.1. The van der Waals surface area contributed by atoms with E-state index in [9.17, 15) is 21.6 Å². The van der Waals surface area contributed by atoms with E-state index in [1.165, 1.54) is 30.5 Å². The molecule has 7 nitrogen and oxygen atoms in total. The van der Waals surface area contributed by atoms with Crippen molar-refractivity contribution in [2.24, 2.45) is 5.14 Å². The molecule has 3 N–H and O–H groups in total. The van der Waals surface area contributed by atoms with Crippen molar-refractivity contribution < 1.29 is 26.3 Å². The van der Waals surface area contributed by atoms with Gasteiger partial charge in [-0.1, -0.05) is 12.1 Å². The number of anilines is 1. The lowest BCUT2D eigenvalue weighted by Gasteiger charge is -2.35. The Bertz CT molecular complexity index is 930. The van der Waals surface area contributed by atoms with Crippen LogP contribution in [-0.4, -0.2) is 51.1 Å². The molecular formula is C18H21F3N4O3S. The van der Waals surface area contributed by atoms with Crippen molar-refractivity contribution in [1.29, 1.82) is 0 Å². The maximum absolute atomic E-state index is 12.9. The molecule has 1 aliphatic heterocycles. The van der Waals surface area contributed by atoms with Crippen LogP contribution in [0.1, 0.15) is 17.2 Å². The molecule has 11 heteroatoms. The second-order valence-electron chi connectivity index (χ2n) is 6.56. The summed E-state index contributed by atoms with van der Waals surface area (Å²) in [5.41, 5.74) is -0.0586. The average Bonchev–Trinajstić information content (AvgIpc) is 2.68. The number of nitrogens with two attached hydrogens (primary N) is 1. The normalized spacial score (nSPS) is 17.1. The van der Waals surface area contributed by atoms with Gasteiger partial charge in [-0.2, -0.15) is 13.2 Å². The third kappa shape index (κ3) is 5.44. The van der Waals surface area contributed by atoms with Crippen molar-refractivity contribution >= 4 is 15.8 Å². The summed E-state index contributed by atoms with van der Waals surface area (Å²) in [6.07, 6.45) is -2.98. The van der Waals surface area contributed by atoms with Crippen LogP contribution in [0, 0.1) is 0 Å². The fourth-order valence-electron chi connectivity index (χ4n) is 3.19. The summed E-state index contributed by atoms with van der Waals surface area (Å²) in [4.78, 5) is 5.96. The number of halogens is 3. The standard InChI is InChI=1S/C18H21F3N4O3S/c19-18(20,21)14-5-3-13(4-6-14)15(25-8-10-28-11-9-25)12-24-17-16(29(22,26)27)2-1-7-23-17/h1-7,15H,8-12H2,(H,23,24)(H2,22,26,27). The lowest BCUT2D eigenvalue weighted by molar-refractivity contribution is -0.137. The Hall–Kier alpha value is -2.21. The Morgan fingerprint density at radius 1 is 1.17 bits per heavy atom. The summed E-state index contributed by atoms with van der Waals surface area (Å²) in [5.74, 6) is 0.0974. The van der Waals surface area contributed by atoms with Gasteiger partial charge in [-0.25, -0.2) is 18.5 Å². The van der Waals surface area contributed by atoms with Gasteiger partial charge in [0.1, 0.15) is 10.7 Å². The average molecular weight is 430 g/mol. The van der Waals surface area contributed by atoms with Crippen LogP contribution in [0.15, 0.2) is 47.5 Å². The third-order valence-electron chi connectivity index (χ3n) is 4.65. The van der Waals surface area contributed by atoms with E-state index in [4.69, 9.17) is 9.88 Å². The number of primary sulfonamides is 1. The molecule has 0 radical (unpaired) electrons. The number of benzene rings is 1. The van der Waals surface area contributed by atoms with Crippen LogP contribution >= 0.6 is 0 Å². The molecule has 1 aliphatic rings. The van der Waals surface area contributed by atoms with Crippen LogP contribution in [0.5, 0.6) is 0 Å². The van der Waals surface area contributed by atoms with Crippen LogP contribution in [0.3, 0.4) is 0 Å². The molecule has 0 aliphatic carbocycles. The number of hydrogen-bond acceptors (Lipinski definition) is 6. The summed E-state index contributed by atoms with van der Waals surface area (Å²) >= 11 is 0. The quantitative estimate of drug-likeness (QED) is 0.730. The van der Waals surface area contributed by atoms with E-state index < -0.39 is 21.8 Å². The van der Waals surface area contributed by atoms with Gasteiger partial charge in [0.2, 0.25) is 10.0 Å². The predicted octanol–water partition coefficient (Wildman–Crippen LogP) is 2.23. The van der Waals surface area contributed by atoms with Crippen molar-refractivity contribution in [3.63, 3.8) is 0 Å². The minimum Gasteiger partial charge on any atom is -0.379 e. The number of alkyl halides is 3. The Morgan fingerprint density at radius 2 is 1.83 bits per heavy atom. The maximum Gasteiger partial charge on any atom is 0.416 e. The zero-order valence-corrected chi connectivity index (χ0v) is 16.2. The highest BCUT2D eigenvalue weighted by molar-refractivity contribution is 7.89. The fraction of sp³-hybridized carbons (Fsp3) is 0.389. The Morgan fingerprint density at radius 3 is 2.41 bits per heavy atom. The molecule has 1 unspecified atom stereocenters. The van der Waals surface area contributed by atoms with Crippen LogP contribution in [0.25, 0.3) is 0 Å². The van der Waals surface area contributed by atoms with Crippen molar-refractivity contribution in [3.8, 4) is 0 Å². The predicted molar refractivity (Wildman–Crippen MR) is 101 cm³/mol. The number of nitrogens with zero attached hydrogens (tertiary/aromatic N) is 2. The van der Waals surface area contributed by atoms with Crippen LogP contribution < -0.4 is 10.5 Å². The van der Waals surface area contributed by atoms with Crippen molar-refractivity contribution in [2.75, 3.05) is 38.2 Å². The second-order valence-corrected chi connectivity index (χ2v) is 8.09. The Labute approximate surface area is 166 Å². The maximum atomic E-state index is 12.9. The minimum absolute atomic E-state index is 0.0974. The van der Waals surface area contributed by atoms with Crippen LogP contribution in [0.2, 0.25) is 0 Å². The van der Waals surface area contributed by atoms with E-state index in [-0.39, 0.29) is 23.3 Å². The van der Waals surface area contributed by atoms with E-state index in [1.807, 2.05) is 0 Å². The Balaban J connectivity index is 1.86. The molecule has 1 aromatic heterocycles. The van der Waals surface area contributed by atoms with E-state index in [1.54, 1.807) is 0 Å². The number of rotatable bonds is 6. The number of sulfonamides is 1. The fourth-order valence-corrected chi connectivity index (χ4v) is 3.85. The first-order valence-corrected chi connectivity index (χ1v) is 10.4. The van der Waals surface area contributed by atoms with Crippen molar-refractivity contribution in [3.05, 3.63) is 53.7 Å². The van der Waals surface area contributed by atoms with E-state index in [0.717, 1.165) is 12.1 Å². The lowest BCUT2D eigenvalue weighted by atomic mass is 10.0. The highest BCUT2D eigenvalue weighted by Crippen LogP contribution is 2.31. The van der Waals surface area contributed by atoms with Gasteiger partial charge in [0, 0.05) is 25.8 Å². The van der Waals surface area contributed by atoms with Crippen molar-refractivity contribution in [2.45, 2.75) is 17.1 Å². The van der Waals surface area contributed by atoms with E-state index >= 15 is 0 Å². The molecule has 0 bridgehead atoms. The van der Waals surface area contributed by atoms with Gasteiger partial charge in [-0.15, -0.1) is 0 Å². The molecule has 1 aromatic carbocycles. The Kier molecular flexibility index (Phi) is 6.42. The molecule has 1 atom stereocenters. The van der Waals surface area contributed by atoms with Crippen LogP contribution in [-0.2, 0) is 20.9 Å². The largest absolute Gasteiger partial charge is 0.416 e. The molecule has 2 heterocycles. The first-order chi connectivity index (χ1) is 13.7. The molecule has 0 spiro atoms. The molecule has 3 rings (SSSR count). The number of pyridine rings is 1. The number of ether oxygens (including phenoxy) is 1. The summed E-state index contributed by atoms with van der Waals surface area (Å²) < 4.78 is 67.5. The van der Waals surface area contributed by atoms with Gasteiger partial charge in [0.05, 0.1) is 24.8 Å². The van der Waals surface area contributed by atoms with E-state index in [0.29, 0.717) is 31.9 Å². The summed E-state index contributed by atoms with van der Waals surface area (Å²) in [6, 6.07) is 7.44. The molecule has 0 saturated carbocycles. The number of morpholine rings is 1. The highest BCUT2D eigenvalue weighted by atomic mass is 32.2. The second kappa shape index (κ2) is 8.66. The lowest BCUT2D eigenvalue weighted by Crippen LogP contribution is -2.41. The molecule has 2 aromatic rings. The van der Waals surface area contributed by atoms with Gasteiger partial charge in [-0.05, 0) is 29.8 Å². The highest BCUT2D eigenvalue weighted by Gasteiger charge is 2.31. The van der Waals surface area contributed by atoms with E-state index in [2.05, 4.69) is 15.2 Å². The molecular weight excluding hydrogens is 409 g/mol. The minimum atomic E-state index is -4.41. The molecule has 0 amide bonds. The SMILES string of the molecule is NS(=O)(=O)c1cccnc1NCC(c1ccc(C(F)(F)F)cc1)N1CCOCC1. The zero-order valence-electron chi connectivity index (χ0n) is 15.4. The molecule has 1 saturated heterocycles. The number of aromatic nitrogens is 1. The summed E-state index contributed by atoms with van der Waals surface area (Å²) in [6.45, 7) is 2.42. The van der Waals surface area contributed by atoms with Gasteiger partial charge in [-0.3, -0.25) is 4.90 Å². The van der Waals surface area contributed by atoms with Gasteiger partial charge in [0.25, 0.3) is 0 Å². The smallest absolute Gasteiger partial charge is 0.379 e. The van der Waals surface area contributed by atoms with Gasteiger partial charge < -0.3 is 10.1 Å². The van der Waals surface area contributed by atoms with Gasteiger partial charge in [0.15, 0.2) is 0 Å².